The maximum Gasteiger partial charge on any atom is 0.309 e. The van der Waals surface area contributed by atoms with E-state index in [1.165, 1.54) is 22.5 Å². The highest BCUT2D eigenvalue weighted by molar-refractivity contribution is 7.88. The average molecular weight is 573 g/mol. The van der Waals surface area contributed by atoms with Gasteiger partial charge in [-0.25, -0.2) is 13.4 Å². The summed E-state index contributed by atoms with van der Waals surface area (Å²) in [5, 5.41) is 7.37. The molecule has 2 aliphatic rings. The molecule has 40 heavy (non-hydrogen) atoms. The number of aromatic nitrogens is 3. The largest absolute Gasteiger partial charge is 0.493 e. The molecular weight excluding hydrogens is 540 g/mol. The van der Waals surface area contributed by atoms with Crippen LogP contribution in [0, 0.1) is 0 Å². The number of oxazole rings is 1. The van der Waals surface area contributed by atoms with Crippen molar-refractivity contribution < 1.29 is 31.9 Å². The van der Waals surface area contributed by atoms with Crippen LogP contribution < -0.4 is 14.8 Å². The Bertz CT molecular complexity index is 1500. The van der Waals surface area contributed by atoms with Gasteiger partial charge in [0.25, 0.3) is 11.8 Å². The lowest BCUT2D eigenvalue weighted by Crippen LogP contribution is -2.50. The molecule has 1 saturated carbocycles. The molecular formula is C26H32N6O7S. The van der Waals surface area contributed by atoms with Gasteiger partial charge in [-0.15, -0.1) is 0 Å². The van der Waals surface area contributed by atoms with E-state index in [-0.39, 0.29) is 51.1 Å². The molecule has 5 rings (SSSR count). The number of hydrogen-bond acceptors (Lipinski definition) is 9. The third-order valence-corrected chi connectivity index (χ3v) is 8.24. The highest BCUT2D eigenvalue weighted by Crippen LogP contribution is 2.39. The van der Waals surface area contributed by atoms with Crippen LogP contribution in [0.25, 0.3) is 0 Å². The van der Waals surface area contributed by atoms with E-state index >= 15 is 0 Å². The van der Waals surface area contributed by atoms with Crippen molar-refractivity contribution in [2.24, 2.45) is 7.05 Å². The molecule has 1 aliphatic carbocycles. The SMILES string of the molecule is COc1c(CNC(=O)c2cc(C3CC3)nn2C)cccc1OCc1cnc(C(=O)N2CCN(S(C)(=O)=O)CC2)o1. The Morgan fingerprint density at radius 2 is 1.93 bits per heavy atom. The van der Waals surface area contributed by atoms with Crippen LogP contribution in [0.1, 0.15) is 57.0 Å². The number of carbonyl (C=O) groups is 2. The second-order valence-electron chi connectivity index (χ2n) is 9.86. The van der Waals surface area contributed by atoms with Crippen LogP contribution in [0.15, 0.2) is 34.9 Å². The summed E-state index contributed by atoms with van der Waals surface area (Å²) in [5.74, 6) is 0.964. The molecule has 0 bridgehead atoms. The Morgan fingerprint density at radius 3 is 2.60 bits per heavy atom. The van der Waals surface area contributed by atoms with E-state index < -0.39 is 15.9 Å². The minimum absolute atomic E-state index is 0.00668. The third kappa shape index (κ3) is 6.12. The van der Waals surface area contributed by atoms with Crippen molar-refractivity contribution in [2.45, 2.75) is 31.9 Å². The van der Waals surface area contributed by atoms with Crippen molar-refractivity contribution in [1.82, 2.24) is 29.3 Å². The van der Waals surface area contributed by atoms with Gasteiger partial charge in [-0.3, -0.25) is 14.3 Å². The lowest BCUT2D eigenvalue weighted by molar-refractivity contribution is 0.0654. The monoisotopic (exact) mass is 572 g/mol. The zero-order chi connectivity index (χ0) is 28.4. The molecule has 3 aromatic rings. The standard InChI is InChI=1S/C26H32N6O7S/c1-30-21(13-20(29-30)17-7-8-17)24(33)27-14-18-5-4-6-22(23(18)37-2)38-16-19-15-28-25(39-19)26(34)31-9-11-32(12-10-31)40(3,35)36/h4-6,13,15,17H,7-12,14,16H2,1-3H3,(H,27,33). The molecule has 0 unspecified atom stereocenters. The number of carbonyl (C=O) groups excluding carboxylic acids is 2. The molecule has 3 heterocycles. The number of hydrogen-bond donors (Lipinski definition) is 1. The quantitative estimate of drug-likeness (QED) is 0.382. The fourth-order valence-corrected chi connectivity index (χ4v) is 5.40. The summed E-state index contributed by atoms with van der Waals surface area (Å²) in [6, 6.07) is 7.20. The number of nitrogens with zero attached hydrogens (tertiary/aromatic N) is 5. The summed E-state index contributed by atoms with van der Waals surface area (Å²) in [5.41, 5.74) is 2.17. The van der Waals surface area contributed by atoms with Gasteiger partial charge in [0.05, 0.1) is 25.3 Å². The minimum Gasteiger partial charge on any atom is -0.493 e. The minimum atomic E-state index is -3.30. The van der Waals surface area contributed by atoms with Gasteiger partial charge in [0.1, 0.15) is 12.3 Å². The number of para-hydroxylation sites is 1. The molecule has 1 saturated heterocycles. The van der Waals surface area contributed by atoms with Crippen molar-refractivity contribution in [2.75, 3.05) is 39.5 Å². The molecule has 0 radical (unpaired) electrons. The number of amides is 2. The van der Waals surface area contributed by atoms with Gasteiger partial charge >= 0.3 is 5.91 Å². The summed E-state index contributed by atoms with van der Waals surface area (Å²) in [6.07, 6.45) is 4.79. The first-order valence-corrected chi connectivity index (χ1v) is 14.8. The molecule has 13 nitrogen and oxygen atoms in total. The van der Waals surface area contributed by atoms with Gasteiger partial charge in [-0.1, -0.05) is 12.1 Å². The van der Waals surface area contributed by atoms with Crippen LogP contribution in [0.4, 0.5) is 0 Å². The number of benzene rings is 1. The van der Waals surface area contributed by atoms with Gasteiger partial charge in [-0.2, -0.15) is 9.40 Å². The first-order valence-electron chi connectivity index (χ1n) is 12.9. The van der Waals surface area contributed by atoms with Crippen LogP contribution in [-0.4, -0.2) is 83.7 Å². The molecule has 14 heteroatoms. The normalized spacial score (nSPS) is 16.1. The van der Waals surface area contributed by atoms with E-state index in [0.29, 0.717) is 28.9 Å². The van der Waals surface area contributed by atoms with Gasteiger partial charge in [-0.05, 0) is 25.0 Å². The average Bonchev–Trinajstić information content (AvgIpc) is 3.56. The van der Waals surface area contributed by atoms with E-state index in [0.717, 1.165) is 30.4 Å². The summed E-state index contributed by atoms with van der Waals surface area (Å²) >= 11 is 0. The van der Waals surface area contributed by atoms with Gasteiger partial charge in [0, 0.05) is 51.3 Å². The summed E-state index contributed by atoms with van der Waals surface area (Å²) in [6.45, 7) is 1.17. The molecule has 2 aromatic heterocycles. The van der Waals surface area contributed by atoms with Crippen LogP contribution in [0.2, 0.25) is 0 Å². The summed E-state index contributed by atoms with van der Waals surface area (Å²) < 4.78 is 43.4. The predicted octanol–water partition coefficient (Wildman–Crippen LogP) is 1.52. The van der Waals surface area contributed by atoms with E-state index in [4.69, 9.17) is 13.9 Å². The maximum absolute atomic E-state index is 12.8. The summed E-state index contributed by atoms with van der Waals surface area (Å²) in [4.78, 5) is 31.2. The Balaban J connectivity index is 1.18. The van der Waals surface area contributed by atoms with E-state index in [9.17, 15) is 18.0 Å². The second-order valence-corrected chi connectivity index (χ2v) is 11.8. The number of aryl methyl sites for hydroxylation is 1. The smallest absolute Gasteiger partial charge is 0.309 e. The van der Waals surface area contributed by atoms with Crippen molar-refractivity contribution in [1.29, 1.82) is 0 Å². The first kappa shape index (κ1) is 27.6. The molecule has 0 spiro atoms. The number of methoxy groups -OCH3 is 1. The van der Waals surface area contributed by atoms with E-state index in [2.05, 4.69) is 15.4 Å². The second kappa shape index (κ2) is 11.3. The van der Waals surface area contributed by atoms with E-state index in [1.54, 1.807) is 23.9 Å². The van der Waals surface area contributed by atoms with Crippen molar-refractivity contribution >= 4 is 21.8 Å². The van der Waals surface area contributed by atoms with Crippen LogP contribution in [0.3, 0.4) is 0 Å². The van der Waals surface area contributed by atoms with Crippen LogP contribution in [0.5, 0.6) is 11.5 Å². The highest BCUT2D eigenvalue weighted by Gasteiger charge is 2.29. The van der Waals surface area contributed by atoms with Crippen LogP contribution in [-0.2, 0) is 30.2 Å². The zero-order valence-electron chi connectivity index (χ0n) is 22.6. The summed E-state index contributed by atoms with van der Waals surface area (Å²) in [7, 11) is -0.0150. The highest BCUT2D eigenvalue weighted by atomic mass is 32.2. The Kier molecular flexibility index (Phi) is 7.81. The Labute approximate surface area is 232 Å². The molecule has 1 N–H and O–H groups in total. The number of nitrogens with one attached hydrogen (secondary N) is 1. The van der Waals surface area contributed by atoms with Crippen LogP contribution >= 0.6 is 0 Å². The molecule has 1 aromatic carbocycles. The fourth-order valence-electron chi connectivity index (χ4n) is 4.57. The topological polar surface area (TPSA) is 149 Å². The third-order valence-electron chi connectivity index (χ3n) is 6.93. The number of sulfonamides is 1. The van der Waals surface area contributed by atoms with Crippen molar-refractivity contribution in [3.8, 4) is 11.5 Å². The molecule has 0 atom stereocenters. The number of piperazine rings is 1. The lowest BCUT2D eigenvalue weighted by atomic mass is 10.1. The Hall–Kier alpha value is -3.91. The molecule has 2 amide bonds. The molecule has 1 aliphatic heterocycles. The maximum atomic E-state index is 12.8. The van der Waals surface area contributed by atoms with Gasteiger partial charge in [0.2, 0.25) is 10.0 Å². The Morgan fingerprint density at radius 1 is 1.18 bits per heavy atom. The van der Waals surface area contributed by atoms with Gasteiger partial charge in [0.15, 0.2) is 17.3 Å². The lowest BCUT2D eigenvalue weighted by Gasteiger charge is -2.32. The van der Waals surface area contributed by atoms with Crippen molar-refractivity contribution in [3.05, 3.63) is 59.1 Å². The van der Waals surface area contributed by atoms with Crippen molar-refractivity contribution in [3.63, 3.8) is 0 Å². The number of rotatable bonds is 10. The van der Waals surface area contributed by atoms with Gasteiger partial charge < -0.3 is 24.1 Å². The molecule has 2 fully saturated rings. The fraction of sp³-hybridized carbons (Fsp3) is 0.462. The predicted molar refractivity (Wildman–Crippen MR) is 143 cm³/mol. The number of ether oxygens (including phenoxy) is 2. The first-order chi connectivity index (χ1) is 19.1. The zero-order valence-corrected chi connectivity index (χ0v) is 23.4. The molecule has 214 valence electrons. The van der Waals surface area contributed by atoms with E-state index in [1.807, 2.05) is 12.1 Å².